The van der Waals surface area contributed by atoms with E-state index in [1.807, 2.05) is 13.0 Å². The molecule has 1 aliphatic rings. The molecule has 7 nitrogen and oxygen atoms in total. The van der Waals surface area contributed by atoms with Gasteiger partial charge in [0, 0.05) is 12.2 Å². The maximum atomic E-state index is 12.9. The van der Waals surface area contributed by atoms with E-state index in [0.717, 1.165) is 0 Å². The molecule has 0 saturated heterocycles. The number of carbonyl (C=O) groups is 3. The Morgan fingerprint density at radius 1 is 1.15 bits per heavy atom. The summed E-state index contributed by atoms with van der Waals surface area (Å²) < 4.78 is 10.4. The van der Waals surface area contributed by atoms with Crippen LogP contribution in [0.1, 0.15) is 24.2 Å². The first-order chi connectivity index (χ1) is 12.9. The van der Waals surface area contributed by atoms with E-state index < -0.39 is 23.4 Å². The van der Waals surface area contributed by atoms with Crippen LogP contribution in [0.15, 0.2) is 48.5 Å². The summed E-state index contributed by atoms with van der Waals surface area (Å²) in [7, 11) is 1.29. The van der Waals surface area contributed by atoms with Crippen molar-refractivity contribution in [3.63, 3.8) is 0 Å². The second kappa shape index (κ2) is 7.11. The number of nitrogens with zero attached hydrogens (tertiary/aromatic N) is 1. The van der Waals surface area contributed by atoms with Crippen molar-refractivity contribution >= 4 is 29.2 Å². The molecule has 2 amide bonds. The van der Waals surface area contributed by atoms with Crippen molar-refractivity contribution < 1.29 is 23.9 Å². The third kappa shape index (κ3) is 3.23. The number of fused-ring (bicyclic) bond motifs is 1. The summed E-state index contributed by atoms with van der Waals surface area (Å²) in [5.41, 5.74) is -0.270. The number of amides is 2. The summed E-state index contributed by atoms with van der Waals surface area (Å²) in [6.07, 6.45) is 0. The van der Waals surface area contributed by atoms with E-state index in [-0.39, 0.29) is 0 Å². The predicted octanol–water partition coefficient (Wildman–Crippen LogP) is 2.62. The van der Waals surface area contributed by atoms with Crippen molar-refractivity contribution in [2.24, 2.45) is 0 Å². The van der Waals surface area contributed by atoms with E-state index in [1.54, 1.807) is 30.3 Å². The number of likely N-dealkylation sites (N-methyl/N-ethyl adjacent to an activating group) is 1. The van der Waals surface area contributed by atoms with Crippen LogP contribution >= 0.6 is 0 Å². The van der Waals surface area contributed by atoms with E-state index in [2.05, 4.69) is 10.1 Å². The fourth-order valence-corrected chi connectivity index (χ4v) is 2.91. The van der Waals surface area contributed by atoms with Gasteiger partial charge in [-0.05, 0) is 50.2 Å². The summed E-state index contributed by atoms with van der Waals surface area (Å²) in [5.74, 6) is -1.03. The molecule has 0 spiro atoms. The number of methoxy groups -OCH3 is 1. The van der Waals surface area contributed by atoms with E-state index in [4.69, 9.17) is 4.74 Å². The van der Waals surface area contributed by atoms with Gasteiger partial charge in [-0.15, -0.1) is 0 Å². The lowest BCUT2D eigenvalue weighted by molar-refractivity contribution is -0.145. The zero-order chi connectivity index (χ0) is 19.6. The molecule has 0 aromatic heterocycles. The normalized spacial score (nSPS) is 18.3. The zero-order valence-electron chi connectivity index (χ0n) is 15.3. The van der Waals surface area contributed by atoms with E-state index in [1.165, 1.54) is 31.1 Å². The number of benzene rings is 2. The molecule has 2 aromatic rings. The first kappa shape index (κ1) is 18.4. The molecule has 0 saturated carbocycles. The third-order valence-electron chi connectivity index (χ3n) is 4.44. The van der Waals surface area contributed by atoms with Crippen molar-refractivity contribution in [3.8, 4) is 5.75 Å². The molecule has 1 unspecified atom stereocenters. The Morgan fingerprint density at radius 3 is 2.44 bits per heavy atom. The molecular weight excluding hydrogens is 348 g/mol. The molecule has 1 heterocycles. The summed E-state index contributed by atoms with van der Waals surface area (Å²) in [4.78, 5) is 38.8. The highest BCUT2D eigenvalue weighted by molar-refractivity contribution is 6.19. The highest BCUT2D eigenvalue weighted by Crippen LogP contribution is 2.37. The maximum absolute atomic E-state index is 12.9. The average Bonchev–Trinajstić information content (AvgIpc) is 2.69. The monoisotopic (exact) mass is 368 g/mol. The van der Waals surface area contributed by atoms with Gasteiger partial charge in [-0.1, -0.05) is 12.1 Å². The first-order valence-corrected chi connectivity index (χ1v) is 8.50. The van der Waals surface area contributed by atoms with Gasteiger partial charge in [0.05, 0.1) is 18.4 Å². The highest BCUT2D eigenvalue weighted by atomic mass is 16.5. The van der Waals surface area contributed by atoms with Crippen LogP contribution in [-0.2, 0) is 14.3 Å². The van der Waals surface area contributed by atoms with Gasteiger partial charge in [0.2, 0.25) is 0 Å². The van der Waals surface area contributed by atoms with Crippen molar-refractivity contribution in [2.75, 3.05) is 23.9 Å². The number of hydrogen-bond acceptors (Lipinski definition) is 5. The van der Waals surface area contributed by atoms with Crippen LogP contribution in [0.4, 0.5) is 11.4 Å². The summed E-state index contributed by atoms with van der Waals surface area (Å²) in [5, 5.41) is 2.68. The van der Waals surface area contributed by atoms with Crippen molar-refractivity contribution in [2.45, 2.75) is 19.4 Å². The van der Waals surface area contributed by atoms with Gasteiger partial charge in [-0.3, -0.25) is 9.59 Å². The van der Waals surface area contributed by atoms with E-state index >= 15 is 0 Å². The van der Waals surface area contributed by atoms with Gasteiger partial charge >= 0.3 is 5.97 Å². The molecule has 1 atom stereocenters. The Hall–Kier alpha value is -3.35. The molecule has 0 radical (unpaired) electrons. The van der Waals surface area contributed by atoms with Crippen LogP contribution < -0.4 is 15.0 Å². The number of anilines is 2. The Labute approximate surface area is 156 Å². The smallest absolute Gasteiger partial charge is 0.337 e. The topological polar surface area (TPSA) is 84.9 Å². The first-order valence-electron chi connectivity index (χ1n) is 8.50. The molecule has 140 valence electrons. The molecule has 27 heavy (non-hydrogen) atoms. The van der Waals surface area contributed by atoms with Crippen LogP contribution in [0.25, 0.3) is 0 Å². The van der Waals surface area contributed by atoms with E-state index in [0.29, 0.717) is 29.2 Å². The van der Waals surface area contributed by atoms with Gasteiger partial charge < -0.3 is 19.7 Å². The van der Waals surface area contributed by atoms with E-state index in [9.17, 15) is 14.4 Å². The molecule has 1 N–H and O–H groups in total. The number of rotatable bonds is 4. The maximum Gasteiger partial charge on any atom is 0.337 e. The minimum Gasteiger partial charge on any atom is -0.465 e. The van der Waals surface area contributed by atoms with Crippen LogP contribution in [0.2, 0.25) is 0 Å². The molecular formula is C20H20N2O5. The van der Waals surface area contributed by atoms with Gasteiger partial charge in [-0.25, -0.2) is 4.79 Å². The van der Waals surface area contributed by atoms with Crippen LogP contribution in [0, 0.1) is 0 Å². The Kier molecular flexibility index (Phi) is 4.85. The molecule has 2 aromatic carbocycles. The van der Waals surface area contributed by atoms with Gasteiger partial charge in [-0.2, -0.15) is 0 Å². The van der Waals surface area contributed by atoms with Crippen molar-refractivity contribution in [1.82, 2.24) is 0 Å². The number of para-hydroxylation sites is 2. The molecule has 7 heteroatoms. The molecule has 3 rings (SSSR count). The largest absolute Gasteiger partial charge is 0.465 e. The lowest BCUT2D eigenvalue weighted by Gasteiger charge is -2.39. The second-order valence-corrected chi connectivity index (χ2v) is 6.18. The molecule has 1 aliphatic heterocycles. The lowest BCUT2D eigenvalue weighted by atomic mass is 9.99. The number of ether oxygens (including phenoxy) is 2. The van der Waals surface area contributed by atoms with Gasteiger partial charge in [0.15, 0.2) is 0 Å². The number of esters is 1. The standard InChI is InChI=1S/C20H20N2O5/c1-4-22-15-7-5-6-8-16(15)27-20(2,19(22)25)18(24)21-14-11-9-13(10-12-14)17(23)26-3/h5-12H,4H2,1-3H3,(H,21,24). The van der Waals surface area contributed by atoms with Crippen molar-refractivity contribution in [1.29, 1.82) is 0 Å². The number of hydrogen-bond donors (Lipinski definition) is 1. The minimum absolute atomic E-state index is 0.359. The Balaban J connectivity index is 1.85. The molecule has 0 bridgehead atoms. The number of nitrogens with one attached hydrogen (secondary N) is 1. The fraction of sp³-hybridized carbons (Fsp3) is 0.250. The quantitative estimate of drug-likeness (QED) is 0.662. The number of carbonyl (C=O) groups excluding carboxylic acids is 3. The lowest BCUT2D eigenvalue weighted by Crippen LogP contribution is -2.60. The van der Waals surface area contributed by atoms with Crippen molar-refractivity contribution in [3.05, 3.63) is 54.1 Å². The third-order valence-corrected chi connectivity index (χ3v) is 4.44. The molecule has 0 aliphatic carbocycles. The SMILES string of the molecule is CCN1C(=O)C(C)(C(=O)Nc2ccc(C(=O)OC)cc2)Oc2ccccc21. The Morgan fingerprint density at radius 2 is 1.81 bits per heavy atom. The Bertz CT molecular complexity index is 894. The average molecular weight is 368 g/mol. The summed E-state index contributed by atoms with van der Waals surface area (Å²) >= 11 is 0. The predicted molar refractivity (Wildman–Crippen MR) is 99.9 cm³/mol. The molecule has 0 fully saturated rings. The summed E-state index contributed by atoms with van der Waals surface area (Å²) in [6.45, 7) is 3.70. The van der Waals surface area contributed by atoms with Crippen LogP contribution in [0.3, 0.4) is 0 Å². The summed E-state index contributed by atoms with van der Waals surface area (Å²) in [6, 6.07) is 13.3. The highest BCUT2D eigenvalue weighted by Gasteiger charge is 2.50. The van der Waals surface area contributed by atoms with Gasteiger partial charge in [0.1, 0.15) is 5.75 Å². The fourth-order valence-electron chi connectivity index (χ4n) is 2.91. The second-order valence-electron chi connectivity index (χ2n) is 6.18. The van der Waals surface area contributed by atoms with Crippen LogP contribution in [-0.4, -0.2) is 37.0 Å². The minimum atomic E-state index is -1.70. The van der Waals surface area contributed by atoms with Gasteiger partial charge in [0.25, 0.3) is 17.4 Å². The van der Waals surface area contributed by atoms with Crippen LogP contribution in [0.5, 0.6) is 5.75 Å². The zero-order valence-corrected chi connectivity index (χ0v) is 15.3.